The maximum absolute atomic E-state index is 18.3. The third kappa shape index (κ3) is 8.38. The Balaban J connectivity index is 1.05. The number of methoxy groups -OCH3 is 2. The molecule has 11 rings (SSSR count). The van der Waals surface area contributed by atoms with Gasteiger partial charge in [0.05, 0.1) is 37.9 Å². The average molecular weight is 957 g/mol. The first-order valence-corrected chi connectivity index (χ1v) is 24.7. The molecular formula is C54H62F2N8O6. The van der Waals surface area contributed by atoms with E-state index < -0.39 is 35.3 Å². The molecule has 14 nitrogen and oxygen atoms in total. The van der Waals surface area contributed by atoms with Gasteiger partial charge >= 0.3 is 12.1 Å². The predicted molar refractivity (Wildman–Crippen MR) is 262 cm³/mol. The number of anilines is 2. The second kappa shape index (κ2) is 17.5. The van der Waals surface area contributed by atoms with Gasteiger partial charge < -0.3 is 33.5 Å². The van der Waals surface area contributed by atoms with Gasteiger partial charge in [-0.1, -0.05) is 36.4 Å². The van der Waals surface area contributed by atoms with Crippen molar-refractivity contribution in [1.29, 1.82) is 0 Å². The van der Waals surface area contributed by atoms with Crippen molar-refractivity contribution in [3.63, 3.8) is 0 Å². The summed E-state index contributed by atoms with van der Waals surface area (Å²) >= 11 is 0. The van der Waals surface area contributed by atoms with Crippen LogP contribution in [0.5, 0.6) is 23.4 Å². The van der Waals surface area contributed by atoms with E-state index >= 15 is 8.78 Å². The van der Waals surface area contributed by atoms with E-state index in [0.29, 0.717) is 68.2 Å². The van der Waals surface area contributed by atoms with Gasteiger partial charge in [-0.15, -0.1) is 0 Å². The quantitative estimate of drug-likeness (QED) is 0.110. The first-order valence-electron chi connectivity index (χ1n) is 24.7. The number of fused-ring (bicyclic) bond motifs is 6. The van der Waals surface area contributed by atoms with Gasteiger partial charge in [0.2, 0.25) is 5.88 Å². The Bertz CT molecular complexity index is 2810. The molecule has 2 aromatic carbocycles. The van der Waals surface area contributed by atoms with Crippen molar-refractivity contribution in [2.45, 2.75) is 134 Å². The van der Waals surface area contributed by atoms with Crippen LogP contribution in [-0.2, 0) is 17.8 Å². The molecule has 6 atom stereocenters. The molecule has 1 unspecified atom stereocenters. The standard InChI is InChI=1S/C54H62F2N8O6/c1-30-22-54(23-36(55)27-62(54)24-30)29-68-51-59-47-44-49(60-51)63-28-37-15-20-41(64(37)52(65)70-53(4,5)6)48(63)32(3)69-50(44)58-46(45(47)56)40-21-42(57-31(2)43(40)35-13-14-35)61(25-33-9-16-38(66-7)17-10-33)26-34-11-18-39(67-8)19-12-34/h9-12,16-19,21,32,35-37,41,48H,1,13-15,20,22-29H2,2-8H3/t32-,36+,37+,41-,48+,54?/m0/s1. The van der Waals surface area contributed by atoms with E-state index in [1.165, 1.54) is 0 Å². The summed E-state index contributed by atoms with van der Waals surface area (Å²) in [5.74, 6) is 2.33. The van der Waals surface area contributed by atoms with Gasteiger partial charge in [0.15, 0.2) is 5.82 Å². The lowest BCUT2D eigenvalue weighted by atomic mass is 9.93. The summed E-state index contributed by atoms with van der Waals surface area (Å²) in [5.41, 5.74) is 4.25. The minimum atomic E-state index is -0.999. The first-order chi connectivity index (χ1) is 33.6. The Labute approximate surface area is 407 Å². The molecule has 1 saturated carbocycles. The van der Waals surface area contributed by atoms with E-state index in [4.69, 9.17) is 43.6 Å². The van der Waals surface area contributed by atoms with Crippen LogP contribution in [0.3, 0.4) is 0 Å². The Morgan fingerprint density at radius 2 is 1.63 bits per heavy atom. The molecule has 1 aliphatic carbocycles. The number of amides is 1. The second-order valence-electron chi connectivity index (χ2n) is 21.3. The van der Waals surface area contributed by atoms with Crippen molar-refractivity contribution in [3.05, 3.63) is 95.0 Å². The maximum atomic E-state index is 18.3. The van der Waals surface area contributed by atoms with E-state index in [-0.39, 0.29) is 53.8 Å². The fourth-order valence-corrected chi connectivity index (χ4v) is 11.9. The molecule has 4 saturated heterocycles. The van der Waals surface area contributed by atoms with Crippen molar-refractivity contribution < 1.29 is 37.3 Å². The number of rotatable bonds is 12. The number of aromatic nitrogens is 4. The molecule has 70 heavy (non-hydrogen) atoms. The zero-order chi connectivity index (χ0) is 48.8. The van der Waals surface area contributed by atoms with E-state index in [9.17, 15) is 4.79 Å². The maximum Gasteiger partial charge on any atom is 0.410 e. The molecule has 368 valence electrons. The number of hydrogen-bond donors (Lipinski definition) is 0. The minimum Gasteiger partial charge on any atom is -0.497 e. The molecule has 5 aromatic rings. The third-order valence-electron chi connectivity index (χ3n) is 15.1. The van der Waals surface area contributed by atoms with Crippen LogP contribution in [0.15, 0.2) is 66.7 Å². The van der Waals surface area contributed by atoms with Crippen LogP contribution >= 0.6 is 0 Å². The molecule has 8 heterocycles. The van der Waals surface area contributed by atoms with E-state index in [2.05, 4.69) is 21.3 Å². The molecule has 5 aliphatic heterocycles. The number of carbonyl (C=O) groups excluding carboxylic acids is 1. The minimum absolute atomic E-state index is 0.0147. The summed E-state index contributed by atoms with van der Waals surface area (Å²) in [7, 11) is 3.30. The Morgan fingerprint density at radius 3 is 2.27 bits per heavy atom. The molecule has 1 amide bonds. The number of benzene rings is 2. The summed E-state index contributed by atoms with van der Waals surface area (Å²) in [4.78, 5) is 42.7. The van der Waals surface area contributed by atoms with Gasteiger partial charge in [-0.3, -0.25) is 9.80 Å². The van der Waals surface area contributed by atoms with Crippen LogP contribution in [0.1, 0.15) is 94.5 Å². The number of halogens is 2. The predicted octanol–water partition coefficient (Wildman–Crippen LogP) is 9.49. The third-order valence-corrected chi connectivity index (χ3v) is 15.1. The Hall–Kier alpha value is -6.29. The molecular weight excluding hydrogens is 895 g/mol. The Kier molecular flexibility index (Phi) is 11.5. The monoisotopic (exact) mass is 956 g/mol. The SMILES string of the molecule is C=C1CN2C[C@H](F)CC2(COc2nc3c4c(nc(-c5cc(N(Cc6ccc(OC)cc6)Cc6ccc(OC)cc6)nc(C)c5C5CC5)c(F)c4n2)O[C@@H](C)[C@@H]2[C@@H]4CC[C@H](CN32)N4C(=O)OC(C)(C)C)C1. The second-order valence-corrected chi connectivity index (χ2v) is 21.3. The summed E-state index contributed by atoms with van der Waals surface area (Å²) in [6.45, 7) is 16.2. The van der Waals surface area contributed by atoms with Crippen LogP contribution < -0.4 is 28.7 Å². The normalized spacial score (nSPS) is 24.8. The number of pyridine rings is 2. The van der Waals surface area contributed by atoms with Gasteiger partial charge in [0.1, 0.15) is 64.2 Å². The number of alkyl halides is 1. The molecule has 5 fully saturated rings. The highest BCUT2D eigenvalue weighted by atomic mass is 19.1. The first kappa shape index (κ1) is 46.1. The largest absolute Gasteiger partial charge is 0.497 e. The lowest BCUT2D eigenvalue weighted by Gasteiger charge is -2.48. The van der Waals surface area contributed by atoms with Crippen molar-refractivity contribution in [2.24, 2.45) is 0 Å². The fourth-order valence-electron chi connectivity index (χ4n) is 11.9. The lowest BCUT2D eigenvalue weighted by molar-refractivity contribution is 0.000932. The summed E-state index contributed by atoms with van der Waals surface area (Å²) in [5, 5.41) is 0.339. The topological polar surface area (TPSA) is 128 Å². The van der Waals surface area contributed by atoms with Crippen molar-refractivity contribution in [2.75, 3.05) is 50.3 Å². The number of hydrogen-bond acceptors (Lipinski definition) is 13. The highest BCUT2D eigenvalue weighted by Crippen LogP contribution is 2.51. The summed E-state index contributed by atoms with van der Waals surface area (Å²) < 4.78 is 63.9. The van der Waals surface area contributed by atoms with Crippen LogP contribution in [0, 0.1) is 12.7 Å². The molecule has 2 bridgehead atoms. The molecule has 3 aromatic heterocycles. The van der Waals surface area contributed by atoms with Gasteiger partial charge in [-0.2, -0.15) is 9.97 Å². The molecule has 6 aliphatic rings. The van der Waals surface area contributed by atoms with Gasteiger partial charge in [-0.25, -0.2) is 23.5 Å². The van der Waals surface area contributed by atoms with Gasteiger partial charge in [-0.05, 0) is 120 Å². The number of piperazine rings is 1. The van der Waals surface area contributed by atoms with Crippen LogP contribution in [0.2, 0.25) is 0 Å². The van der Waals surface area contributed by atoms with Crippen LogP contribution in [0.4, 0.5) is 25.2 Å². The zero-order valence-electron chi connectivity index (χ0n) is 41.1. The number of ether oxygens (including phenoxy) is 5. The van der Waals surface area contributed by atoms with E-state index in [1.807, 2.05) is 94.1 Å². The van der Waals surface area contributed by atoms with E-state index in [0.717, 1.165) is 65.1 Å². The molecule has 0 spiro atoms. The molecule has 0 N–H and O–H groups in total. The van der Waals surface area contributed by atoms with Crippen LogP contribution in [0.25, 0.3) is 22.2 Å². The van der Waals surface area contributed by atoms with Crippen molar-refractivity contribution in [1.82, 2.24) is 29.7 Å². The summed E-state index contributed by atoms with van der Waals surface area (Å²) in [6.07, 6.45) is 2.35. The molecule has 16 heteroatoms. The van der Waals surface area contributed by atoms with Crippen molar-refractivity contribution >= 4 is 28.6 Å². The fraction of sp³-hybridized carbons (Fsp3) is 0.500. The summed E-state index contributed by atoms with van der Waals surface area (Å²) in [6, 6.07) is 17.0. The lowest BCUT2D eigenvalue weighted by Crippen LogP contribution is -2.65. The number of nitrogens with zero attached hydrogens (tertiary/aromatic N) is 8. The highest BCUT2D eigenvalue weighted by molar-refractivity contribution is 5.98. The van der Waals surface area contributed by atoms with Gasteiger partial charge in [0.25, 0.3) is 0 Å². The smallest absolute Gasteiger partial charge is 0.410 e. The van der Waals surface area contributed by atoms with Gasteiger partial charge in [0, 0.05) is 50.4 Å². The zero-order valence-corrected chi connectivity index (χ0v) is 41.1. The highest BCUT2D eigenvalue weighted by Gasteiger charge is 2.55. The average Bonchev–Trinajstić information content (AvgIpc) is 3.99. The van der Waals surface area contributed by atoms with E-state index in [1.54, 1.807) is 14.2 Å². The molecule has 0 radical (unpaired) electrons. The van der Waals surface area contributed by atoms with Crippen molar-refractivity contribution in [3.8, 4) is 34.6 Å². The van der Waals surface area contributed by atoms with Crippen LogP contribution in [-0.4, -0.2) is 118 Å². The Morgan fingerprint density at radius 1 is 0.943 bits per heavy atom. The number of aryl methyl sites for hydroxylation is 1. The number of carbonyl (C=O) groups is 1.